The second-order valence-corrected chi connectivity index (χ2v) is 6.58. The Labute approximate surface area is 129 Å². The van der Waals surface area contributed by atoms with E-state index >= 15 is 0 Å². The van der Waals surface area contributed by atoms with E-state index in [0.717, 1.165) is 24.8 Å². The van der Waals surface area contributed by atoms with Crippen molar-refractivity contribution < 1.29 is 9.53 Å². The molecule has 21 heavy (non-hydrogen) atoms. The second-order valence-electron chi connectivity index (χ2n) is 6.58. The first-order chi connectivity index (χ1) is 10.2. The summed E-state index contributed by atoms with van der Waals surface area (Å²) in [7, 11) is 0. The summed E-state index contributed by atoms with van der Waals surface area (Å²) in [4.78, 5) is 12.4. The molecule has 2 heteroatoms. The van der Waals surface area contributed by atoms with Gasteiger partial charge >= 0.3 is 5.97 Å². The molecule has 2 rings (SSSR count). The fraction of sp³-hybridized carbons (Fsp3) is 0.737. The molecule has 0 bridgehead atoms. The summed E-state index contributed by atoms with van der Waals surface area (Å²) < 4.78 is 5.63. The third-order valence-electron chi connectivity index (χ3n) is 5.12. The minimum absolute atomic E-state index is 0.0585. The number of unbranched alkanes of at least 4 members (excludes halogenated alkanes) is 1. The van der Waals surface area contributed by atoms with Gasteiger partial charge in [0.2, 0.25) is 0 Å². The van der Waals surface area contributed by atoms with Crippen LogP contribution in [-0.4, -0.2) is 12.6 Å². The summed E-state index contributed by atoms with van der Waals surface area (Å²) in [5.41, 5.74) is 5.12. The Balaban J connectivity index is 1.88. The normalized spacial score (nSPS) is 19.8. The van der Waals surface area contributed by atoms with Gasteiger partial charge in [0, 0.05) is 12.0 Å². The Bertz CT molecular complexity index is 442. The number of ether oxygens (including phenoxy) is 1. The quantitative estimate of drug-likeness (QED) is 0.592. The van der Waals surface area contributed by atoms with Crippen molar-refractivity contribution in [3.05, 3.63) is 22.3 Å². The van der Waals surface area contributed by atoms with Gasteiger partial charge in [-0.25, -0.2) is 4.79 Å². The fourth-order valence-electron chi connectivity index (χ4n) is 3.55. The highest BCUT2D eigenvalue weighted by Crippen LogP contribution is 2.41. The van der Waals surface area contributed by atoms with Gasteiger partial charge in [-0.1, -0.05) is 38.7 Å². The predicted octanol–water partition coefficient (Wildman–Crippen LogP) is 5.34. The lowest BCUT2D eigenvalue weighted by atomic mass is 9.91. The van der Waals surface area contributed by atoms with Crippen LogP contribution in [0.25, 0.3) is 0 Å². The van der Waals surface area contributed by atoms with E-state index in [0.29, 0.717) is 12.5 Å². The number of carbonyl (C=O) groups excluding carboxylic acids is 1. The monoisotopic (exact) mass is 290 g/mol. The van der Waals surface area contributed by atoms with Gasteiger partial charge in [-0.05, 0) is 56.1 Å². The van der Waals surface area contributed by atoms with E-state index in [9.17, 15) is 4.79 Å². The molecule has 1 unspecified atom stereocenters. The van der Waals surface area contributed by atoms with Crippen molar-refractivity contribution in [2.24, 2.45) is 5.92 Å². The number of allylic oxidation sites excluding steroid dienone is 3. The molecule has 0 radical (unpaired) electrons. The molecule has 1 atom stereocenters. The van der Waals surface area contributed by atoms with Crippen LogP contribution in [0, 0.1) is 5.92 Å². The average molecular weight is 290 g/mol. The van der Waals surface area contributed by atoms with Crippen LogP contribution in [0.15, 0.2) is 22.3 Å². The molecule has 0 aromatic rings. The topological polar surface area (TPSA) is 26.3 Å². The molecule has 0 heterocycles. The Morgan fingerprint density at radius 2 is 2.00 bits per heavy atom. The third kappa shape index (κ3) is 3.99. The molecule has 0 aliphatic heterocycles. The van der Waals surface area contributed by atoms with E-state index in [1.165, 1.54) is 55.2 Å². The van der Waals surface area contributed by atoms with Gasteiger partial charge in [-0.3, -0.25) is 0 Å². The van der Waals surface area contributed by atoms with Crippen molar-refractivity contribution in [1.29, 1.82) is 0 Å². The highest BCUT2D eigenvalue weighted by Gasteiger charge is 2.28. The lowest BCUT2D eigenvalue weighted by Crippen LogP contribution is -2.15. The lowest BCUT2D eigenvalue weighted by Gasteiger charge is -2.15. The molecule has 0 saturated heterocycles. The van der Waals surface area contributed by atoms with E-state index < -0.39 is 0 Å². The van der Waals surface area contributed by atoms with E-state index in [2.05, 4.69) is 20.8 Å². The largest absolute Gasteiger partial charge is 0.462 e. The summed E-state index contributed by atoms with van der Waals surface area (Å²) in [6.07, 6.45) is 10.5. The second kappa shape index (κ2) is 7.82. The summed E-state index contributed by atoms with van der Waals surface area (Å²) >= 11 is 0. The highest BCUT2D eigenvalue weighted by atomic mass is 16.5. The molecular weight excluding hydrogens is 260 g/mol. The van der Waals surface area contributed by atoms with Crippen LogP contribution in [0.5, 0.6) is 0 Å². The minimum Gasteiger partial charge on any atom is -0.462 e. The van der Waals surface area contributed by atoms with Gasteiger partial charge in [0.25, 0.3) is 0 Å². The third-order valence-corrected chi connectivity index (χ3v) is 5.12. The maximum absolute atomic E-state index is 12.4. The molecule has 2 nitrogen and oxygen atoms in total. The summed E-state index contributed by atoms with van der Waals surface area (Å²) in [6, 6.07) is 0. The Morgan fingerprint density at radius 3 is 2.67 bits per heavy atom. The van der Waals surface area contributed by atoms with Crippen LogP contribution in [0.2, 0.25) is 0 Å². The molecule has 0 aromatic heterocycles. The number of carbonyl (C=O) groups is 1. The maximum Gasteiger partial charge on any atom is 0.334 e. The van der Waals surface area contributed by atoms with Gasteiger partial charge in [0.1, 0.15) is 0 Å². The van der Waals surface area contributed by atoms with Crippen molar-refractivity contribution in [2.75, 3.05) is 6.61 Å². The smallest absolute Gasteiger partial charge is 0.334 e. The predicted molar refractivity (Wildman–Crippen MR) is 87.1 cm³/mol. The average Bonchev–Trinajstić information content (AvgIpc) is 2.85. The molecule has 0 spiro atoms. The molecule has 0 amide bonds. The Hall–Kier alpha value is -1.05. The molecular formula is C19H30O2. The SMILES string of the molecule is CCCCC(CC)COC(=O)C1=C(C)C2=C(CCCC2)C1. The number of esters is 1. The zero-order valence-corrected chi connectivity index (χ0v) is 14.0. The van der Waals surface area contributed by atoms with Gasteiger partial charge in [-0.2, -0.15) is 0 Å². The molecule has 2 aliphatic carbocycles. The zero-order valence-electron chi connectivity index (χ0n) is 14.0. The first-order valence-electron chi connectivity index (χ1n) is 8.75. The Morgan fingerprint density at radius 1 is 1.24 bits per heavy atom. The van der Waals surface area contributed by atoms with E-state index in [1.54, 1.807) is 0 Å². The Kier molecular flexibility index (Phi) is 6.08. The van der Waals surface area contributed by atoms with E-state index in [-0.39, 0.29) is 5.97 Å². The van der Waals surface area contributed by atoms with Crippen LogP contribution in [-0.2, 0) is 9.53 Å². The van der Waals surface area contributed by atoms with Crippen LogP contribution in [0.4, 0.5) is 0 Å². The fourth-order valence-corrected chi connectivity index (χ4v) is 3.55. The van der Waals surface area contributed by atoms with Crippen molar-refractivity contribution in [2.45, 2.75) is 78.6 Å². The van der Waals surface area contributed by atoms with E-state index in [4.69, 9.17) is 4.74 Å². The lowest BCUT2D eigenvalue weighted by molar-refractivity contribution is -0.140. The van der Waals surface area contributed by atoms with Gasteiger partial charge < -0.3 is 4.74 Å². The van der Waals surface area contributed by atoms with E-state index in [1.807, 2.05) is 0 Å². The molecule has 118 valence electrons. The molecule has 0 fully saturated rings. The summed E-state index contributed by atoms with van der Waals surface area (Å²) in [6.45, 7) is 7.10. The van der Waals surface area contributed by atoms with Crippen LogP contribution in [0.3, 0.4) is 0 Å². The van der Waals surface area contributed by atoms with Gasteiger partial charge in [0.05, 0.1) is 6.61 Å². The highest BCUT2D eigenvalue weighted by molar-refractivity contribution is 5.92. The minimum atomic E-state index is -0.0585. The van der Waals surface area contributed by atoms with Crippen molar-refractivity contribution >= 4 is 5.97 Å². The van der Waals surface area contributed by atoms with Crippen molar-refractivity contribution in [1.82, 2.24) is 0 Å². The summed E-state index contributed by atoms with van der Waals surface area (Å²) in [5.74, 6) is 0.468. The van der Waals surface area contributed by atoms with Crippen LogP contribution < -0.4 is 0 Å². The van der Waals surface area contributed by atoms with Crippen LogP contribution >= 0.6 is 0 Å². The van der Waals surface area contributed by atoms with Crippen molar-refractivity contribution in [3.63, 3.8) is 0 Å². The van der Waals surface area contributed by atoms with Gasteiger partial charge in [-0.15, -0.1) is 0 Å². The summed E-state index contributed by atoms with van der Waals surface area (Å²) in [5, 5.41) is 0. The molecule has 0 N–H and O–H groups in total. The number of hydrogen-bond donors (Lipinski definition) is 0. The molecule has 0 saturated carbocycles. The maximum atomic E-state index is 12.4. The number of hydrogen-bond acceptors (Lipinski definition) is 2. The van der Waals surface area contributed by atoms with Gasteiger partial charge in [0.15, 0.2) is 0 Å². The first-order valence-corrected chi connectivity index (χ1v) is 8.75. The van der Waals surface area contributed by atoms with Crippen molar-refractivity contribution in [3.8, 4) is 0 Å². The van der Waals surface area contributed by atoms with Crippen LogP contribution in [0.1, 0.15) is 78.6 Å². The number of rotatable bonds is 7. The zero-order chi connectivity index (χ0) is 15.2. The molecule has 2 aliphatic rings. The standard InChI is InChI=1S/C19H30O2/c1-4-6-9-15(5-2)13-21-19(20)18-12-16-10-7-8-11-17(16)14(18)3/h15H,4-13H2,1-3H3. The molecule has 0 aromatic carbocycles. The first kappa shape index (κ1) is 16.3.